The maximum atomic E-state index is 11.1. The molecular weight excluding hydrogens is 356 g/mol. The summed E-state index contributed by atoms with van der Waals surface area (Å²) in [4.78, 5) is 21.8. The SMILES string of the molecule is Cc1nnn(/C(=C/C=N/Nc2ccc([N+](=O)[O-])cc2[N+](=O)[O-])C(C)(C)C)n1. The summed E-state index contributed by atoms with van der Waals surface area (Å²) < 4.78 is 0. The van der Waals surface area contributed by atoms with Crippen LogP contribution in [-0.2, 0) is 0 Å². The topological polar surface area (TPSA) is 154 Å². The molecule has 1 aromatic heterocycles. The lowest BCUT2D eigenvalue weighted by molar-refractivity contribution is -0.393. The Hall–Kier alpha value is -3.70. The Morgan fingerprint density at radius 1 is 1.26 bits per heavy atom. The molecule has 1 heterocycles. The zero-order valence-electron chi connectivity index (χ0n) is 15.2. The van der Waals surface area contributed by atoms with Gasteiger partial charge in [-0.25, -0.2) is 0 Å². The Balaban J connectivity index is 2.26. The molecule has 0 aliphatic carbocycles. The number of non-ortho nitro benzene ring substituents is 1. The molecule has 0 atom stereocenters. The van der Waals surface area contributed by atoms with Gasteiger partial charge < -0.3 is 0 Å². The molecule has 1 N–H and O–H groups in total. The molecule has 0 saturated heterocycles. The standard InChI is InChI=1S/C15H18N8O4/c1-10-17-20-21(19-10)14(15(2,3)4)7-8-16-18-12-6-5-11(22(24)25)9-13(12)23(26)27/h5-9,18H,1-4H3/b14-7+,16-8+. The number of tetrazole rings is 1. The molecule has 0 bridgehead atoms. The summed E-state index contributed by atoms with van der Waals surface area (Å²) in [5, 5.41) is 37.8. The Bertz CT molecular complexity index is 926. The Labute approximate surface area is 153 Å². The number of nitro benzene ring substituents is 2. The van der Waals surface area contributed by atoms with E-state index in [1.807, 2.05) is 20.8 Å². The lowest BCUT2D eigenvalue weighted by atomic mass is 9.92. The highest BCUT2D eigenvalue weighted by molar-refractivity contribution is 5.81. The highest BCUT2D eigenvalue weighted by Crippen LogP contribution is 2.29. The highest BCUT2D eigenvalue weighted by atomic mass is 16.6. The van der Waals surface area contributed by atoms with Crippen molar-refractivity contribution in [1.29, 1.82) is 0 Å². The number of rotatable bonds is 6. The molecule has 2 rings (SSSR count). The monoisotopic (exact) mass is 374 g/mol. The van der Waals surface area contributed by atoms with Gasteiger partial charge in [0.05, 0.1) is 21.6 Å². The largest absolute Gasteiger partial charge is 0.301 e. The van der Waals surface area contributed by atoms with E-state index in [-0.39, 0.29) is 16.8 Å². The van der Waals surface area contributed by atoms with Crippen molar-refractivity contribution in [3.63, 3.8) is 0 Å². The van der Waals surface area contributed by atoms with Crippen molar-refractivity contribution in [2.45, 2.75) is 27.7 Å². The Morgan fingerprint density at radius 3 is 2.48 bits per heavy atom. The van der Waals surface area contributed by atoms with Gasteiger partial charge in [0.25, 0.3) is 5.69 Å². The van der Waals surface area contributed by atoms with E-state index in [0.29, 0.717) is 11.5 Å². The van der Waals surface area contributed by atoms with Crippen LogP contribution in [0.15, 0.2) is 29.4 Å². The summed E-state index contributed by atoms with van der Waals surface area (Å²) in [6, 6.07) is 3.25. The Morgan fingerprint density at radius 2 is 1.96 bits per heavy atom. The van der Waals surface area contributed by atoms with Gasteiger partial charge in [-0.2, -0.15) is 5.10 Å². The summed E-state index contributed by atoms with van der Waals surface area (Å²) >= 11 is 0. The van der Waals surface area contributed by atoms with Crippen LogP contribution in [0.5, 0.6) is 0 Å². The molecule has 1 aromatic carbocycles. The zero-order valence-corrected chi connectivity index (χ0v) is 15.2. The second-order valence-electron chi connectivity index (χ2n) is 6.53. The molecule has 0 saturated carbocycles. The molecule has 0 spiro atoms. The molecule has 0 fully saturated rings. The summed E-state index contributed by atoms with van der Waals surface area (Å²) in [6.45, 7) is 7.59. The first-order valence-electron chi connectivity index (χ1n) is 7.79. The smallest absolute Gasteiger partial charge is 0.272 e. The number of hydrogen-bond donors (Lipinski definition) is 1. The van der Waals surface area contributed by atoms with Crippen LogP contribution >= 0.6 is 0 Å². The van der Waals surface area contributed by atoms with Gasteiger partial charge in [-0.15, -0.1) is 15.0 Å². The number of benzene rings is 1. The number of nitro groups is 2. The molecule has 0 radical (unpaired) electrons. The lowest BCUT2D eigenvalue weighted by Gasteiger charge is -2.20. The number of aryl methyl sites for hydroxylation is 1. The number of anilines is 1. The fourth-order valence-corrected chi connectivity index (χ4v) is 2.10. The van der Waals surface area contributed by atoms with Crippen LogP contribution in [0.2, 0.25) is 0 Å². The molecule has 0 aliphatic heterocycles. The van der Waals surface area contributed by atoms with E-state index in [1.54, 1.807) is 13.0 Å². The van der Waals surface area contributed by atoms with E-state index in [9.17, 15) is 20.2 Å². The fourth-order valence-electron chi connectivity index (χ4n) is 2.10. The van der Waals surface area contributed by atoms with Gasteiger partial charge in [0.15, 0.2) is 5.82 Å². The van der Waals surface area contributed by atoms with Crippen molar-refractivity contribution in [2.75, 3.05) is 5.43 Å². The fraction of sp³-hybridized carbons (Fsp3) is 0.333. The van der Waals surface area contributed by atoms with Crippen LogP contribution in [0.4, 0.5) is 17.1 Å². The molecule has 142 valence electrons. The average molecular weight is 374 g/mol. The van der Waals surface area contributed by atoms with E-state index in [2.05, 4.69) is 25.9 Å². The van der Waals surface area contributed by atoms with Crippen LogP contribution < -0.4 is 5.43 Å². The summed E-state index contributed by atoms with van der Waals surface area (Å²) in [7, 11) is 0. The van der Waals surface area contributed by atoms with E-state index in [1.165, 1.54) is 17.1 Å². The lowest BCUT2D eigenvalue weighted by Crippen LogP contribution is -2.17. The maximum Gasteiger partial charge on any atom is 0.301 e. The van der Waals surface area contributed by atoms with Gasteiger partial charge in [-0.1, -0.05) is 20.8 Å². The van der Waals surface area contributed by atoms with E-state index in [4.69, 9.17) is 0 Å². The molecular formula is C15H18N8O4. The van der Waals surface area contributed by atoms with E-state index in [0.717, 1.165) is 12.1 Å². The third-order valence-corrected chi connectivity index (χ3v) is 3.38. The van der Waals surface area contributed by atoms with Crippen LogP contribution in [0, 0.1) is 32.6 Å². The minimum absolute atomic E-state index is 0.0299. The number of hydrogen-bond acceptors (Lipinski definition) is 9. The van der Waals surface area contributed by atoms with Gasteiger partial charge in [0.1, 0.15) is 5.69 Å². The number of hydrazone groups is 1. The molecule has 12 nitrogen and oxygen atoms in total. The quantitative estimate of drug-likeness (QED) is 0.460. The highest BCUT2D eigenvalue weighted by Gasteiger charge is 2.21. The third-order valence-electron chi connectivity index (χ3n) is 3.38. The molecule has 12 heteroatoms. The first kappa shape index (κ1) is 19.6. The molecule has 0 aliphatic rings. The first-order chi connectivity index (χ1) is 12.6. The number of nitrogens with one attached hydrogen (secondary N) is 1. The minimum Gasteiger partial charge on any atom is -0.272 e. The number of allylic oxidation sites excluding steroid dienone is 2. The van der Waals surface area contributed by atoms with E-state index < -0.39 is 15.5 Å². The first-order valence-corrected chi connectivity index (χ1v) is 7.79. The van der Waals surface area contributed by atoms with Gasteiger partial charge >= 0.3 is 5.69 Å². The van der Waals surface area contributed by atoms with Crippen molar-refractivity contribution < 1.29 is 9.85 Å². The summed E-state index contributed by atoms with van der Waals surface area (Å²) in [6.07, 6.45) is 3.04. The number of aromatic nitrogens is 4. The van der Waals surface area contributed by atoms with Crippen LogP contribution in [0.25, 0.3) is 5.70 Å². The Kier molecular flexibility index (Phi) is 5.58. The van der Waals surface area contributed by atoms with Crippen molar-refractivity contribution >= 4 is 29.0 Å². The van der Waals surface area contributed by atoms with Crippen LogP contribution in [0.1, 0.15) is 26.6 Å². The van der Waals surface area contributed by atoms with Gasteiger partial charge in [0.2, 0.25) is 0 Å². The van der Waals surface area contributed by atoms with Crippen molar-refractivity contribution in [2.24, 2.45) is 10.5 Å². The van der Waals surface area contributed by atoms with Gasteiger partial charge in [-0.05, 0) is 24.3 Å². The van der Waals surface area contributed by atoms with E-state index >= 15 is 0 Å². The maximum absolute atomic E-state index is 11.1. The van der Waals surface area contributed by atoms with Crippen molar-refractivity contribution in [3.05, 3.63) is 50.3 Å². The second kappa shape index (κ2) is 7.68. The number of nitrogens with zero attached hydrogens (tertiary/aromatic N) is 7. The molecule has 0 unspecified atom stereocenters. The summed E-state index contributed by atoms with van der Waals surface area (Å²) in [5.41, 5.74) is 2.10. The second-order valence-corrected chi connectivity index (χ2v) is 6.53. The van der Waals surface area contributed by atoms with Gasteiger partial charge in [0, 0.05) is 17.7 Å². The molecule has 2 aromatic rings. The van der Waals surface area contributed by atoms with Crippen molar-refractivity contribution in [3.8, 4) is 0 Å². The average Bonchev–Trinajstić information content (AvgIpc) is 2.99. The summed E-state index contributed by atoms with van der Waals surface area (Å²) in [5.74, 6) is 0.515. The minimum atomic E-state index is -0.719. The molecule has 0 amide bonds. The van der Waals surface area contributed by atoms with Crippen LogP contribution in [0.3, 0.4) is 0 Å². The molecule has 27 heavy (non-hydrogen) atoms. The normalized spacial score (nSPS) is 12.4. The zero-order chi connectivity index (χ0) is 20.2. The third kappa shape index (κ3) is 4.90. The predicted octanol–water partition coefficient (Wildman–Crippen LogP) is 2.78. The van der Waals surface area contributed by atoms with Crippen LogP contribution in [-0.4, -0.2) is 36.3 Å². The van der Waals surface area contributed by atoms with Gasteiger partial charge in [-0.3, -0.25) is 25.7 Å². The van der Waals surface area contributed by atoms with Crippen molar-refractivity contribution in [1.82, 2.24) is 20.2 Å². The predicted molar refractivity (Wildman–Crippen MR) is 98.1 cm³/mol.